The molecule has 0 aromatic rings. The summed E-state index contributed by atoms with van der Waals surface area (Å²) in [5, 5.41) is 10.6. The lowest BCUT2D eigenvalue weighted by atomic mass is 10.0. The Hall–Kier alpha value is -2.46. The van der Waals surface area contributed by atoms with Gasteiger partial charge in [-0.15, -0.1) is 0 Å². The number of hydrogen-bond acceptors (Lipinski definition) is 15. The minimum absolute atomic E-state index is 0.0858. The number of allylic oxidation sites excluding steroid dienone is 4. The highest BCUT2D eigenvalue weighted by molar-refractivity contribution is 7.47. The minimum Gasteiger partial charge on any atom is -0.462 e. The molecule has 2 unspecified atom stereocenters. The average molecular weight is 1420 g/mol. The van der Waals surface area contributed by atoms with Crippen LogP contribution in [0.25, 0.3) is 0 Å². The third-order valence-corrected chi connectivity index (χ3v) is 19.6. The monoisotopic (exact) mass is 1420 g/mol. The van der Waals surface area contributed by atoms with E-state index in [4.69, 9.17) is 37.0 Å². The summed E-state index contributed by atoms with van der Waals surface area (Å²) in [6, 6.07) is 0. The highest BCUT2D eigenvalue weighted by atomic mass is 31.2. The Balaban J connectivity index is 5.30. The molecule has 0 aliphatic carbocycles. The fraction of sp³-hybridized carbons (Fsp3) is 0.897. The van der Waals surface area contributed by atoms with Crippen molar-refractivity contribution in [3.05, 3.63) is 24.3 Å². The molecule has 0 saturated carbocycles. The van der Waals surface area contributed by atoms with Gasteiger partial charge >= 0.3 is 39.5 Å². The standard InChI is InChI=1S/C78H148O17P2/c1-6-9-12-15-18-21-24-27-30-33-35-41-46-51-56-61-75(80)88-67-73(94-78(83)64-59-54-49-44-37-34-31-28-25-22-19-16-13-10-7-2)69-92-96(84,85)90-65-72(79)66-91-97(86,87)93-70-74(68-89-76(81)62-57-52-47-42-39-38-40-45-50-55-60-71(4)5)95-77(82)63-58-53-48-43-36-32-29-26-23-20-17-14-11-8-3/h22,25,28,31,71-74,79H,6-21,23-24,26-27,29-30,32-70H2,1-5H3,(H,84,85)(H,86,87)/b25-22-,31-28-/t72-,73-,74-/m1/s1. The Morgan fingerprint density at radius 3 is 0.845 bits per heavy atom. The molecule has 0 aromatic carbocycles. The van der Waals surface area contributed by atoms with Crippen molar-refractivity contribution in [2.45, 2.75) is 406 Å². The number of esters is 4. The number of rotatable bonds is 76. The maximum atomic E-state index is 13.1. The predicted octanol–water partition coefficient (Wildman–Crippen LogP) is 22.8. The molecule has 5 atom stereocenters. The van der Waals surface area contributed by atoms with Gasteiger partial charge in [0.15, 0.2) is 12.2 Å². The number of hydrogen-bond donors (Lipinski definition) is 3. The summed E-state index contributed by atoms with van der Waals surface area (Å²) < 4.78 is 68.6. The number of unbranched alkanes of at least 4 members (excludes halogenated alkanes) is 45. The summed E-state index contributed by atoms with van der Waals surface area (Å²) in [6.07, 6.45) is 63.0. The largest absolute Gasteiger partial charge is 0.472 e. The van der Waals surface area contributed by atoms with E-state index in [9.17, 15) is 43.2 Å². The van der Waals surface area contributed by atoms with E-state index >= 15 is 0 Å². The van der Waals surface area contributed by atoms with Crippen LogP contribution < -0.4 is 0 Å². The zero-order valence-electron chi connectivity index (χ0n) is 62.7. The quantitative estimate of drug-likeness (QED) is 0.0169. The summed E-state index contributed by atoms with van der Waals surface area (Å²) in [5.74, 6) is -1.38. The minimum atomic E-state index is -4.97. The van der Waals surface area contributed by atoms with Crippen molar-refractivity contribution in [1.29, 1.82) is 0 Å². The molecule has 0 saturated heterocycles. The van der Waals surface area contributed by atoms with Crippen LogP contribution in [0.4, 0.5) is 0 Å². The average Bonchev–Trinajstić information content (AvgIpc) is 1.67. The Kier molecular flexibility index (Phi) is 68.8. The van der Waals surface area contributed by atoms with Gasteiger partial charge in [0.1, 0.15) is 19.3 Å². The smallest absolute Gasteiger partial charge is 0.462 e. The third kappa shape index (κ3) is 71.7. The number of aliphatic hydroxyl groups is 1. The Morgan fingerprint density at radius 1 is 0.320 bits per heavy atom. The molecule has 0 spiro atoms. The van der Waals surface area contributed by atoms with Gasteiger partial charge in [0.25, 0.3) is 0 Å². The highest BCUT2D eigenvalue weighted by Crippen LogP contribution is 2.45. The van der Waals surface area contributed by atoms with Gasteiger partial charge in [0.2, 0.25) is 0 Å². The maximum Gasteiger partial charge on any atom is 0.472 e. The molecular formula is C78H148O17P2. The van der Waals surface area contributed by atoms with Gasteiger partial charge in [-0.3, -0.25) is 37.3 Å². The van der Waals surface area contributed by atoms with E-state index in [1.54, 1.807) is 0 Å². The van der Waals surface area contributed by atoms with Crippen LogP contribution in [0.1, 0.15) is 388 Å². The highest BCUT2D eigenvalue weighted by Gasteiger charge is 2.30. The van der Waals surface area contributed by atoms with Gasteiger partial charge in [-0.2, -0.15) is 0 Å². The molecule has 0 bridgehead atoms. The van der Waals surface area contributed by atoms with Gasteiger partial charge < -0.3 is 33.8 Å². The molecule has 0 heterocycles. The van der Waals surface area contributed by atoms with Gasteiger partial charge in [-0.25, -0.2) is 9.13 Å². The molecule has 0 aromatic heterocycles. The molecule has 0 radical (unpaired) electrons. The number of ether oxygens (including phenoxy) is 4. The molecule has 17 nitrogen and oxygen atoms in total. The van der Waals surface area contributed by atoms with Crippen molar-refractivity contribution in [2.24, 2.45) is 5.92 Å². The van der Waals surface area contributed by atoms with Crippen LogP contribution in [0.2, 0.25) is 0 Å². The third-order valence-electron chi connectivity index (χ3n) is 17.7. The lowest BCUT2D eigenvalue weighted by Crippen LogP contribution is -2.30. The van der Waals surface area contributed by atoms with Crippen molar-refractivity contribution in [2.75, 3.05) is 39.6 Å². The summed E-state index contributed by atoms with van der Waals surface area (Å²) in [5.41, 5.74) is 0. The van der Waals surface area contributed by atoms with E-state index in [1.807, 2.05) is 0 Å². The molecule has 0 fully saturated rings. The molecule has 97 heavy (non-hydrogen) atoms. The number of carbonyl (C=O) groups is 4. The number of phosphoric ester groups is 2. The molecule has 19 heteroatoms. The molecule has 572 valence electrons. The Labute approximate surface area is 592 Å². The van der Waals surface area contributed by atoms with Crippen LogP contribution in [0.3, 0.4) is 0 Å². The van der Waals surface area contributed by atoms with E-state index < -0.39 is 97.5 Å². The van der Waals surface area contributed by atoms with Gasteiger partial charge in [-0.05, 0) is 57.3 Å². The lowest BCUT2D eigenvalue weighted by molar-refractivity contribution is -0.161. The van der Waals surface area contributed by atoms with Crippen LogP contribution in [0, 0.1) is 5.92 Å². The van der Waals surface area contributed by atoms with E-state index in [0.29, 0.717) is 25.7 Å². The molecule has 0 amide bonds. The van der Waals surface area contributed by atoms with Gasteiger partial charge in [0, 0.05) is 25.7 Å². The predicted molar refractivity (Wildman–Crippen MR) is 395 cm³/mol. The first kappa shape index (κ1) is 94.5. The number of carbonyl (C=O) groups excluding carboxylic acids is 4. The lowest BCUT2D eigenvalue weighted by Gasteiger charge is -2.21. The molecule has 3 N–H and O–H groups in total. The van der Waals surface area contributed by atoms with Crippen molar-refractivity contribution >= 4 is 39.5 Å². The molecule has 0 aliphatic heterocycles. The summed E-state index contributed by atoms with van der Waals surface area (Å²) in [4.78, 5) is 72.9. The fourth-order valence-electron chi connectivity index (χ4n) is 11.5. The second-order valence-electron chi connectivity index (χ2n) is 27.9. The zero-order chi connectivity index (χ0) is 71.2. The SMILES string of the molecule is CCCCCC/C=C\C=C/CCCCCCCC(=O)O[C@H](COC(=O)CCCCCCCCCCCCCCCCC)COP(=O)(O)OC[C@@H](O)COP(=O)(O)OC[C@@H](COC(=O)CCCCCCCCCCCCC(C)C)OC(=O)CCCCCCCCCCCCCCCC. The van der Waals surface area contributed by atoms with Crippen LogP contribution in [-0.2, 0) is 65.4 Å². The van der Waals surface area contributed by atoms with Gasteiger partial charge in [0.05, 0.1) is 26.4 Å². The van der Waals surface area contributed by atoms with Crippen LogP contribution in [-0.4, -0.2) is 96.7 Å². The summed E-state index contributed by atoms with van der Waals surface area (Å²) in [6.45, 7) is 7.24. The fourth-order valence-corrected chi connectivity index (χ4v) is 13.1. The zero-order valence-corrected chi connectivity index (χ0v) is 64.5. The van der Waals surface area contributed by atoms with Crippen molar-refractivity contribution in [3.8, 4) is 0 Å². The Bertz CT molecular complexity index is 1950. The second kappa shape index (κ2) is 70.6. The second-order valence-corrected chi connectivity index (χ2v) is 30.8. The number of phosphoric acid groups is 2. The summed E-state index contributed by atoms with van der Waals surface area (Å²) >= 11 is 0. The van der Waals surface area contributed by atoms with Crippen molar-refractivity contribution < 1.29 is 80.2 Å². The van der Waals surface area contributed by atoms with Gasteiger partial charge in [-0.1, -0.05) is 335 Å². The van der Waals surface area contributed by atoms with E-state index in [2.05, 4.69) is 58.9 Å². The van der Waals surface area contributed by atoms with Crippen LogP contribution >= 0.6 is 15.6 Å². The maximum absolute atomic E-state index is 13.1. The van der Waals surface area contributed by atoms with E-state index in [-0.39, 0.29) is 25.7 Å². The van der Waals surface area contributed by atoms with Crippen molar-refractivity contribution in [3.63, 3.8) is 0 Å². The topological polar surface area (TPSA) is 237 Å². The first-order valence-corrected chi connectivity index (χ1v) is 42.9. The molecule has 0 rings (SSSR count). The summed E-state index contributed by atoms with van der Waals surface area (Å²) in [7, 11) is -9.93. The number of aliphatic hydroxyl groups excluding tert-OH is 1. The molecular weight excluding hydrogens is 1270 g/mol. The van der Waals surface area contributed by atoms with Crippen LogP contribution in [0.15, 0.2) is 24.3 Å². The van der Waals surface area contributed by atoms with Crippen LogP contribution in [0.5, 0.6) is 0 Å². The van der Waals surface area contributed by atoms with E-state index in [0.717, 1.165) is 109 Å². The van der Waals surface area contributed by atoms with E-state index in [1.165, 1.54) is 199 Å². The van der Waals surface area contributed by atoms with Crippen molar-refractivity contribution in [1.82, 2.24) is 0 Å². The normalized spacial score (nSPS) is 14.1. The first-order valence-electron chi connectivity index (χ1n) is 40.0. The molecule has 0 aliphatic rings. The Morgan fingerprint density at radius 2 is 0.557 bits per heavy atom. The first-order chi connectivity index (χ1) is 47.0.